The van der Waals surface area contributed by atoms with Crippen LogP contribution in [0.3, 0.4) is 0 Å². The highest BCUT2D eigenvalue weighted by Gasteiger charge is 2.49. The predicted molar refractivity (Wildman–Crippen MR) is 173 cm³/mol. The Labute approximate surface area is 262 Å². The summed E-state index contributed by atoms with van der Waals surface area (Å²) in [6.07, 6.45) is -1.45. The second-order valence-corrected chi connectivity index (χ2v) is 13.3. The summed E-state index contributed by atoms with van der Waals surface area (Å²) in [7, 11) is 0. The van der Waals surface area contributed by atoms with Crippen LogP contribution in [-0.4, -0.2) is 62.4 Å². The molecule has 3 aromatic rings. The Morgan fingerprint density at radius 3 is 2.34 bits per heavy atom. The number of rotatable bonds is 10. The van der Waals surface area contributed by atoms with Crippen LogP contribution in [0.1, 0.15) is 53.4 Å². The minimum atomic E-state index is -1.63. The number of hydrogen-bond acceptors (Lipinski definition) is 6. The van der Waals surface area contributed by atoms with E-state index in [2.05, 4.69) is 16.0 Å². The van der Waals surface area contributed by atoms with E-state index in [-0.39, 0.29) is 24.1 Å². The Balaban J connectivity index is 1.57. The third-order valence-corrected chi connectivity index (χ3v) is 9.22. The second-order valence-electron chi connectivity index (χ2n) is 11.7. The monoisotopic (exact) mass is 616 g/mol. The van der Waals surface area contributed by atoms with Crippen LogP contribution in [0.2, 0.25) is 0 Å². The molecule has 1 fully saturated rings. The molecule has 0 bridgehead atoms. The van der Waals surface area contributed by atoms with Crippen molar-refractivity contribution in [1.29, 1.82) is 0 Å². The van der Waals surface area contributed by atoms with E-state index in [0.717, 1.165) is 16.7 Å². The number of aliphatic hydroxyl groups is 1. The first-order valence-electron chi connectivity index (χ1n) is 14.5. The SMILES string of the molecule is CC(=O)Nc1ccc(C)c(C(=O)N[C@@H](Cc2ccccc2)[C@H](O)C(=O)N2CSC(C)(C)[C@H]2C(=O)NCc2ccccc2C)c1. The van der Waals surface area contributed by atoms with E-state index in [0.29, 0.717) is 23.4 Å². The van der Waals surface area contributed by atoms with Gasteiger partial charge < -0.3 is 26.0 Å². The van der Waals surface area contributed by atoms with Crippen molar-refractivity contribution in [1.82, 2.24) is 15.5 Å². The summed E-state index contributed by atoms with van der Waals surface area (Å²) < 4.78 is -0.607. The van der Waals surface area contributed by atoms with Crippen molar-refractivity contribution in [3.8, 4) is 0 Å². The van der Waals surface area contributed by atoms with Crippen molar-refractivity contribution >= 4 is 41.1 Å². The van der Waals surface area contributed by atoms with Gasteiger partial charge in [0.25, 0.3) is 11.8 Å². The molecular weight excluding hydrogens is 576 g/mol. The van der Waals surface area contributed by atoms with Crippen LogP contribution in [0.4, 0.5) is 5.69 Å². The molecule has 4 amide bonds. The molecule has 10 heteroatoms. The Hall–Kier alpha value is -4.15. The van der Waals surface area contributed by atoms with Gasteiger partial charge in [-0.05, 0) is 68.5 Å². The molecular formula is C34H40N4O5S. The number of thioether (sulfide) groups is 1. The van der Waals surface area contributed by atoms with E-state index >= 15 is 0 Å². The van der Waals surface area contributed by atoms with Gasteiger partial charge in [-0.15, -0.1) is 11.8 Å². The fourth-order valence-electron chi connectivity index (χ4n) is 5.35. The number of nitrogens with one attached hydrogen (secondary N) is 3. The van der Waals surface area contributed by atoms with Gasteiger partial charge in [-0.2, -0.15) is 0 Å². The topological polar surface area (TPSA) is 128 Å². The van der Waals surface area contributed by atoms with Crippen LogP contribution in [0.25, 0.3) is 0 Å². The highest BCUT2D eigenvalue weighted by Crippen LogP contribution is 2.40. The zero-order valence-corrected chi connectivity index (χ0v) is 26.5. The minimum absolute atomic E-state index is 0.179. The van der Waals surface area contributed by atoms with Crippen molar-refractivity contribution in [2.45, 2.75) is 70.5 Å². The lowest BCUT2D eigenvalue weighted by atomic mass is 9.96. The third-order valence-electron chi connectivity index (χ3n) is 7.84. The van der Waals surface area contributed by atoms with Crippen LogP contribution in [0.5, 0.6) is 0 Å². The first kappa shape index (κ1) is 32.8. The molecule has 1 saturated heterocycles. The number of benzene rings is 3. The van der Waals surface area contributed by atoms with Crippen molar-refractivity contribution in [2.24, 2.45) is 0 Å². The van der Waals surface area contributed by atoms with Crippen LogP contribution >= 0.6 is 11.8 Å². The summed E-state index contributed by atoms with van der Waals surface area (Å²) in [5.41, 5.74) is 4.27. The van der Waals surface area contributed by atoms with E-state index in [1.807, 2.05) is 75.4 Å². The molecule has 3 aromatic carbocycles. The van der Waals surface area contributed by atoms with Gasteiger partial charge in [-0.1, -0.05) is 60.7 Å². The van der Waals surface area contributed by atoms with E-state index < -0.39 is 34.7 Å². The van der Waals surface area contributed by atoms with E-state index in [4.69, 9.17) is 0 Å². The number of hydrogen-bond donors (Lipinski definition) is 4. The van der Waals surface area contributed by atoms with Gasteiger partial charge in [0.15, 0.2) is 6.10 Å². The Morgan fingerprint density at radius 2 is 1.66 bits per heavy atom. The van der Waals surface area contributed by atoms with Crippen LogP contribution in [0, 0.1) is 13.8 Å². The number of aliphatic hydroxyl groups excluding tert-OH is 1. The fourth-order valence-corrected chi connectivity index (χ4v) is 6.49. The minimum Gasteiger partial charge on any atom is -0.381 e. The first-order chi connectivity index (χ1) is 20.9. The average Bonchev–Trinajstić information content (AvgIpc) is 3.31. The maximum Gasteiger partial charge on any atom is 0.254 e. The number of carbonyl (C=O) groups excluding carboxylic acids is 4. The molecule has 0 aliphatic carbocycles. The lowest BCUT2D eigenvalue weighted by Crippen LogP contribution is -2.58. The van der Waals surface area contributed by atoms with Crippen LogP contribution in [0.15, 0.2) is 72.8 Å². The molecule has 1 aliphatic rings. The van der Waals surface area contributed by atoms with Gasteiger partial charge in [0, 0.05) is 29.5 Å². The van der Waals surface area contributed by atoms with Gasteiger partial charge in [-0.25, -0.2) is 0 Å². The third kappa shape index (κ3) is 7.86. The second kappa shape index (κ2) is 14.1. The zero-order valence-electron chi connectivity index (χ0n) is 25.7. The standard InChI is InChI=1S/C34H40N4O5S/c1-21-11-9-10-14-25(21)19-35-32(42)30-34(4,5)44-20-38(30)33(43)29(40)28(17-24-12-7-6-8-13-24)37-31(41)27-18-26(36-23(3)39)16-15-22(27)2/h6-16,18,28-30,40H,17,19-20H2,1-5H3,(H,35,42)(H,36,39)(H,37,41)/t28-,29-,30+/m0/s1. The molecule has 3 atom stereocenters. The average molecular weight is 617 g/mol. The van der Waals surface area contributed by atoms with Gasteiger partial charge in [0.1, 0.15) is 6.04 Å². The molecule has 0 unspecified atom stereocenters. The van der Waals surface area contributed by atoms with Gasteiger partial charge in [-0.3, -0.25) is 19.2 Å². The van der Waals surface area contributed by atoms with Gasteiger partial charge in [0.05, 0.1) is 11.9 Å². The molecule has 4 N–H and O–H groups in total. The highest BCUT2D eigenvalue weighted by atomic mass is 32.2. The number of carbonyl (C=O) groups is 4. The molecule has 0 spiro atoms. The number of nitrogens with zero attached hydrogens (tertiary/aromatic N) is 1. The summed E-state index contributed by atoms with van der Waals surface area (Å²) in [5, 5.41) is 20.1. The molecule has 1 heterocycles. The molecule has 0 saturated carbocycles. The molecule has 1 aliphatic heterocycles. The quantitative estimate of drug-likeness (QED) is 0.273. The number of amides is 4. The maximum absolute atomic E-state index is 14.0. The Bertz CT molecular complexity index is 1530. The molecule has 44 heavy (non-hydrogen) atoms. The fraction of sp³-hybridized carbons (Fsp3) is 0.353. The van der Waals surface area contributed by atoms with Crippen molar-refractivity contribution in [3.05, 3.63) is 101 Å². The largest absolute Gasteiger partial charge is 0.381 e. The van der Waals surface area contributed by atoms with Crippen molar-refractivity contribution < 1.29 is 24.3 Å². The lowest BCUT2D eigenvalue weighted by Gasteiger charge is -2.33. The first-order valence-corrected chi connectivity index (χ1v) is 15.5. The van der Waals surface area contributed by atoms with Crippen LogP contribution < -0.4 is 16.0 Å². The zero-order chi connectivity index (χ0) is 32.0. The molecule has 0 radical (unpaired) electrons. The molecule has 0 aromatic heterocycles. The van der Waals surface area contributed by atoms with E-state index in [9.17, 15) is 24.3 Å². The predicted octanol–water partition coefficient (Wildman–Crippen LogP) is 3.96. The van der Waals surface area contributed by atoms with Crippen molar-refractivity contribution in [2.75, 3.05) is 11.2 Å². The summed E-state index contributed by atoms with van der Waals surface area (Å²) >= 11 is 1.46. The summed E-state index contributed by atoms with van der Waals surface area (Å²) in [5.74, 6) is -1.49. The highest BCUT2D eigenvalue weighted by molar-refractivity contribution is 8.00. The van der Waals surface area contributed by atoms with Crippen LogP contribution in [-0.2, 0) is 27.3 Å². The van der Waals surface area contributed by atoms with Crippen molar-refractivity contribution in [3.63, 3.8) is 0 Å². The summed E-state index contributed by atoms with van der Waals surface area (Å²) in [6.45, 7) is 9.25. The summed E-state index contributed by atoms with van der Waals surface area (Å²) in [6, 6.07) is 20.2. The maximum atomic E-state index is 14.0. The Morgan fingerprint density at radius 1 is 0.977 bits per heavy atom. The van der Waals surface area contributed by atoms with E-state index in [1.54, 1.807) is 25.1 Å². The molecule has 4 rings (SSSR count). The Kier molecular flexibility index (Phi) is 10.5. The van der Waals surface area contributed by atoms with E-state index in [1.165, 1.54) is 23.6 Å². The summed E-state index contributed by atoms with van der Waals surface area (Å²) in [4.78, 5) is 54.0. The van der Waals surface area contributed by atoms with Gasteiger partial charge >= 0.3 is 0 Å². The molecule has 232 valence electrons. The molecule has 9 nitrogen and oxygen atoms in total. The lowest BCUT2D eigenvalue weighted by molar-refractivity contribution is -0.147. The van der Waals surface area contributed by atoms with Gasteiger partial charge in [0.2, 0.25) is 11.8 Å². The smallest absolute Gasteiger partial charge is 0.254 e. The number of anilines is 1. The number of aryl methyl sites for hydroxylation is 2. The normalized spacial score (nSPS) is 17.0.